The van der Waals surface area contributed by atoms with Gasteiger partial charge in [-0.05, 0) is 54.1 Å². The second-order valence-electron chi connectivity index (χ2n) is 8.13. The highest BCUT2D eigenvalue weighted by atomic mass is 32.1. The van der Waals surface area contributed by atoms with Crippen molar-refractivity contribution in [1.82, 2.24) is 10.2 Å². The molecule has 2 aromatic carbocycles. The molecule has 0 saturated carbocycles. The zero-order valence-corrected chi connectivity index (χ0v) is 20.3. The molecule has 1 N–H and O–H groups in total. The fourth-order valence-corrected chi connectivity index (χ4v) is 5.32. The Labute approximate surface area is 204 Å². The van der Waals surface area contributed by atoms with Crippen molar-refractivity contribution < 1.29 is 19.1 Å². The smallest absolute Gasteiger partial charge is 0.254 e. The number of hydrogen-bond donors (Lipinski definition) is 1. The zero-order valence-electron chi connectivity index (χ0n) is 19.5. The van der Waals surface area contributed by atoms with E-state index in [1.165, 1.54) is 0 Å². The van der Waals surface area contributed by atoms with E-state index >= 15 is 0 Å². The lowest BCUT2D eigenvalue weighted by molar-refractivity contribution is -0.124. The summed E-state index contributed by atoms with van der Waals surface area (Å²) in [5.41, 5.74) is 2.48. The van der Waals surface area contributed by atoms with Crippen LogP contribution in [0.2, 0.25) is 0 Å². The third-order valence-electron chi connectivity index (χ3n) is 6.04. The normalized spacial score (nSPS) is 17.4. The standard InChI is InChI=1S/C27H30N2O4S/c1-3-33-20-12-10-19(11-13-20)14-15-28-26(30)24-21-7-4-5-8-22(21)27(31)29(16-17-32-2)25(24)23-9-6-18-34-23/h4-13,18,24-25H,3,14-17H2,1-2H3,(H,28,30)/t24-,25-/m1/s1. The lowest BCUT2D eigenvalue weighted by Crippen LogP contribution is -2.48. The number of nitrogens with one attached hydrogen (secondary N) is 1. The number of hydrogen-bond acceptors (Lipinski definition) is 5. The van der Waals surface area contributed by atoms with Gasteiger partial charge in [0.15, 0.2) is 0 Å². The second-order valence-corrected chi connectivity index (χ2v) is 9.11. The summed E-state index contributed by atoms with van der Waals surface area (Å²) in [6.07, 6.45) is 0.711. The van der Waals surface area contributed by atoms with Crippen LogP contribution in [-0.2, 0) is 16.0 Å². The fourth-order valence-electron chi connectivity index (χ4n) is 4.45. The van der Waals surface area contributed by atoms with Crippen LogP contribution in [0.1, 0.15) is 45.2 Å². The molecule has 1 aliphatic heterocycles. The maximum absolute atomic E-state index is 13.6. The highest BCUT2D eigenvalue weighted by Crippen LogP contribution is 2.44. The van der Waals surface area contributed by atoms with Crippen molar-refractivity contribution >= 4 is 23.2 Å². The molecule has 2 atom stereocenters. The number of methoxy groups -OCH3 is 1. The number of benzene rings is 2. The van der Waals surface area contributed by atoms with Gasteiger partial charge in [-0.2, -0.15) is 0 Å². The third-order valence-corrected chi connectivity index (χ3v) is 6.98. The average Bonchev–Trinajstić information content (AvgIpc) is 3.39. The Balaban J connectivity index is 1.57. The minimum absolute atomic E-state index is 0.0653. The van der Waals surface area contributed by atoms with Gasteiger partial charge in [-0.1, -0.05) is 36.4 Å². The molecular formula is C27H30N2O4S. The second kappa shape index (κ2) is 11.3. The van der Waals surface area contributed by atoms with Crippen molar-refractivity contribution in [3.8, 4) is 5.75 Å². The summed E-state index contributed by atoms with van der Waals surface area (Å²) in [5, 5.41) is 5.11. The van der Waals surface area contributed by atoms with E-state index in [4.69, 9.17) is 9.47 Å². The highest BCUT2D eigenvalue weighted by molar-refractivity contribution is 7.10. The molecule has 0 aliphatic carbocycles. The molecule has 1 aromatic heterocycles. The van der Waals surface area contributed by atoms with Crippen molar-refractivity contribution in [3.63, 3.8) is 0 Å². The van der Waals surface area contributed by atoms with Gasteiger partial charge in [-0.25, -0.2) is 0 Å². The molecule has 3 aromatic rings. The van der Waals surface area contributed by atoms with Gasteiger partial charge in [0.05, 0.1) is 25.2 Å². The molecule has 34 heavy (non-hydrogen) atoms. The molecule has 0 unspecified atom stereocenters. The molecule has 0 radical (unpaired) electrons. The van der Waals surface area contributed by atoms with Crippen molar-refractivity contribution in [2.45, 2.75) is 25.3 Å². The molecular weight excluding hydrogens is 448 g/mol. The van der Waals surface area contributed by atoms with Crippen molar-refractivity contribution in [3.05, 3.63) is 87.6 Å². The van der Waals surface area contributed by atoms with Gasteiger partial charge in [0.2, 0.25) is 5.91 Å². The summed E-state index contributed by atoms with van der Waals surface area (Å²) in [7, 11) is 1.62. The summed E-state index contributed by atoms with van der Waals surface area (Å²) in [6.45, 7) is 3.92. The first-order valence-electron chi connectivity index (χ1n) is 11.6. The van der Waals surface area contributed by atoms with Crippen LogP contribution in [0.15, 0.2) is 66.0 Å². The van der Waals surface area contributed by atoms with Gasteiger partial charge < -0.3 is 19.7 Å². The lowest BCUT2D eigenvalue weighted by Gasteiger charge is -2.41. The van der Waals surface area contributed by atoms with E-state index in [0.29, 0.717) is 38.3 Å². The summed E-state index contributed by atoms with van der Waals surface area (Å²) in [6, 6.07) is 19.0. The lowest BCUT2D eigenvalue weighted by atomic mass is 9.81. The molecule has 7 heteroatoms. The zero-order chi connectivity index (χ0) is 23.9. The number of fused-ring (bicyclic) bond motifs is 1. The van der Waals surface area contributed by atoms with E-state index in [0.717, 1.165) is 21.8 Å². The van der Waals surface area contributed by atoms with Crippen LogP contribution in [0.3, 0.4) is 0 Å². The van der Waals surface area contributed by atoms with Crippen molar-refractivity contribution in [1.29, 1.82) is 0 Å². The first-order valence-corrected chi connectivity index (χ1v) is 12.4. The molecule has 0 saturated heterocycles. The Bertz CT molecular complexity index is 1100. The van der Waals surface area contributed by atoms with Crippen LogP contribution >= 0.6 is 11.3 Å². The number of rotatable bonds is 10. The minimum atomic E-state index is -0.496. The summed E-state index contributed by atoms with van der Waals surface area (Å²) in [4.78, 5) is 29.8. The Morgan fingerprint density at radius 2 is 1.88 bits per heavy atom. The van der Waals surface area contributed by atoms with Gasteiger partial charge in [0.1, 0.15) is 5.75 Å². The van der Waals surface area contributed by atoms with Crippen LogP contribution in [0.4, 0.5) is 0 Å². The van der Waals surface area contributed by atoms with Crippen LogP contribution in [0.5, 0.6) is 5.75 Å². The average molecular weight is 479 g/mol. The maximum atomic E-state index is 13.6. The molecule has 0 fully saturated rings. The van der Waals surface area contributed by atoms with E-state index < -0.39 is 5.92 Å². The number of amides is 2. The van der Waals surface area contributed by atoms with Gasteiger partial charge in [-0.3, -0.25) is 9.59 Å². The summed E-state index contributed by atoms with van der Waals surface area (Å²) in [5.74, 6) is 0.203. The van der Waals surface area contributed by atoms with Crippen molar-refractivity contribution in [2.24, 2.45) is 0 Å². The Morgan fingerprint density at radius 1 is 1.09 bits per heavy atom. The number of carbonyl (C=O) groups excluding carboxylic acids is 2. The summed E-state index contributed by atoms with van der Waals surface area (Å²) < 4.78 is 10.8. The van der Waals surface area contributed by atoms with Gasteiger partial charge >= 0.3 is 0 Å². The molecule has 6 nitrogen and oxygen atoms in total. The third kappa shape index (κ3) is 5.16. The van der Waals surface area contributed by atoms with E-state index in [2.05, 4.69) is 5.32 Å². The number of thiophene rings is 1. The molecule has 2 heterocycles. The van der Waals surface area contributed by atoms with Gasteiger partial charge in [0, 0.05) is 30.6 Å². The Hall–Kier alpha value is -3.16. The van der Waals surface area contributed by atoms with Crippen LogP contribution < -0.4 is 10.1 Å². The number of ether oxygens (including phenoxy) is 2. The fraction of sp³-hybridized carbons (Fsp3) is 0.333. The monoisotopic (exact) mass is 478 g/mol. The molecule has 4 rings (SSSR count). The minimum Gasteiger partial charge on any atom is -0.494 e. The van der Waals surface area contributed by atoms with Crippen LogP contribution in [0, 0.1) is 0 Å². The first kappa shape index (κ1) is 24.0. The van der Waals surface area contributed by atoms with Crippen LogP contribution in [0.25, 0.3) is 0 Å². The molecule has 1 aliphatic rings. The van der Waals surface area contributed by atoms with Gasteiger partial charge in [-0.15, -0.1) is 11.3 Å². The number of carbonyl (C=O) groups is 2. The Kier molecular flexibility index (Phi) is 7.98. The molecule has 0 spiro atoms. The highest BCUT2D eigenvalue weighted by Gasteiger charge is 2.44. The Morgan fingerprint density at radius 3 is 2.59 bits per heavy atom. The SMILES string of the molecule is CCOc1ccc(CCNC(=O)[C@@H]2c3ccccc3C(=O)N(CCOC)[C@@H]2c2cccs2)cc1. The maximum Gasteiger partial charge on any atom is 0.254 e. The predicted octanol–water partition coefficient (Wildman–Crippen LogP) is 4.43. The molecule has 178 valence electrons. The molecule has 0 bridgehead atoms. The number of nitrogens with zero attached hydrogens (tertiary/aromatic N) is 1. The van der Waals surface area contributed by atoms with E-state index in [9.17, 15) is 9.59 Å². The van der Waals surface area contributed by atoms with E-state index in [1.54, 1.807) is 23.3 Å². The predicted molar refractivity (Wildman–Crippen MR) is 133 cm³/mol. The van der Waals surface area contributed by atoms with Gasteiger partial charge in [0.25, 0.3) is 5.91 Å². The summed E-state index contributed by atoms with van der Waals surface area (Å²) >= 11 is 1.56. The van der Waals surface area contributed by atoms with E-state index in [1.807, 2.05) is 73.0 Å². The van der Waals surface area contributed by atoms with Crippen LogP contribution in [-0.4, -0.2) is 50.1 Å². The topological polar surface area (TPSA) is 67.9 Å². The largest absolute Gasteiger partial charge is 0.494 e. The van der Waals surface area contributed by atoms with Crippen molar-refractivity contribution in [2.75, 3.05) is 33.4 Å². The first-order chi connectivity index (χ1) is 16.6. The van der Waals surface area contributed by atoms with E-state index in [-0.39, 0.29) is 17.9 Å². The molecule has 2 amide bonds. The quantitative estimate of drug-likeness (QED) is 0.468.